The SMILES string of the molecule is CNC(=O)C(CC(C)C)NCc1ccnn1C. The van der Waals surface area contributed by atoms with Gasteiger partial charge in [0.2, 0.25) is 5.91 Å². The Morgan fingerprint density at radius 2 is 2.24 bits per heavy atom. The van der Waals surface area contributed by atoms with E-state index in [0.717, 1.165) is 12.1 Å². The number of nitrogens with zero attached hydrogens (tertiary/aromatic N) is 2. The zero-order chi connectivity index (χ0) is 12.8. The number of carbonyl (C=O) groups is 1. The summed E-state index contributed by atoms with van der Waals surface area (Å²) in [5.74, 6) is 0.525. The number of aromatic nitrogens is 2. The van der Waals surface area contributed by atoms with Crippen LogP contribution in [0.2, 0.25) is 0 Å². The van der Waals surface area contributed by atoms with Gasteiger partial charge in [-0.2, -0.15) is 5.10 Å². The van der Waals surface area contributed by atoms with Gasteiger partial charge in [0.25, 0.3) is 0 Å². The third-order valence-electron chi connectivity index (χ3n) is 2.72. The fourth-order valence-electron chi connectivity index (χ4n) is 1.73. The lowest BCUT2D eigenvalue weighted by Crippen LogP contribution is -2.43. The van der Waals surface area contributed by atoms with Crippen LogP contribution in [0.3, 0.4) is 0 Å². The lowest BCUT2D eigenvalue weighted by molar-refractivity contribution is -0.123. The molecule has 0 aliphatic heterocycles. The lowest BCUT2D eigenvalue weighted by atomic mass is 10.0. The van der Waals surface area contributed by atoms with Gasteiger partial charge in [-0.3, -0.25) is 9.48 Å². The van der Waals surface area contributed by atoms with E-state index < -0.39 is 0 Å². The molecule has 1 amide bonds. The third-order valence-corrected chi connectivity index (χ3v) is 2.72. The minimum Gasteiger partial charge on any atom is -0.358 e. The van der Waals surface area contributed by atoms with Gasteiger partial charge in [-0.05, 0) is 18.4 Å². The van der Waals surface area contributed by atoms with Crippen LogP contribution in [0.4, 0.5) is 0 Å². The number of likely N-dealkylation sites (N-methyl/N-ethyl adjacent to an activating group) is 1. The Labute approximate surface area is 103 Å². The molecule has 0 radical (unpaired) electrons. The predicted molar refractivity (Wildman–Crippen MR) is 67.4 cm³/mol. The topological polar surface area (TPSA) is 59.0 Å². The highest BCUT2D eigenvalue weighted by Crippen LogP contribution is 2.06. The standard InChI is InChI=1S/C12H22N4O/c1-9(2)7-11(12(17)13-3)14-8-10-5-6-15-16(10)4/h5-6,9,11,14H,7-8H2,1-4H3,(H,13,17). The molecular formula is C12H22N4O. The zero-order valence-electron chi connectivity index (χ0n) is 11.0. The van der Waals surface area contributed by atoms with E-state index in [1.54, 1.807) is 13.2 Å². The third kappa shape index (κ3) is 4.19. The fourth-order valence-corrected chi connectivity index (χ4v) is 1.73. The number of amides is 1. The van der Waals surface area contributed by atoms with Crippen LogP contribution in [0.25, 0.3) is 0 Å². The molecule has 1 atom stereocenters. The molecule has 0 fully saturated rings. The van der Waals surface area contributed by atoms with Crippen molar-refractivity contribution in [3.8, 4) is 0 Å². The Hall–Kier alpha value is -1.36. The molecule has 0 spiro atoms. The number of aryl methyl sites for hydroxylation is 1. The molecule has 0 aromatic carbocycles. The molecular weight excluding hydrogens is 216 g/mol. The van der Waals surface area contributed by atoms with Crippen LogP contribution in [-0.2, 0) is 18.4 Å². The Morgan fingerprint density at radius 3 is 2.71 bits per heavy atom. The summed E-state index contributed by atoms with van der Waals surface area (Å²) in [5, 5.41) is 10.1. The van der Waals surface area contributed by atoms with Crippen LogP contribution in [0.5, 0.6) is 0 Å². The van der Waals surface area contributed by atoms with Gasteiger partial charge in [0.1, 0.15) is 0 Å². The second-order valence-electron chi connectivity index (χ2n) is 4.62. The summed E-state index contributed by atoms with van der Waals surface area (Å²) in [5.41, 5.74) is 1.07. The molecule has 1 unspecified atom stereocenters. The maximum atomic E-state index is 11.7. The van der Waals surface area contributed by atoms with Crippen molar-refractivity contribution in [3.05, 3.63) is 18.0 Å². The number of rotatable bonds is 6. The molecule has 1 heterocycles. The first-order valence-electron chi connectivity index (χ1n) is 5.96. The van der Waals surface area contributed by atoms with Gasteiger partial charge in [0.15, 0.2) is 0 Å². The van der Waals surface area contributed by atoms with Gasteiger partial charge in [0.05, 0.1) is 11.7 Å². The van der Waals surface area contributed by atoms with E-state index in [-0.39, 0.29) is 11.9 Å². The maximum absolute atomic E-state index is 11.7. The monoisotopic (exact) mass is 238 g/mol. The molecule has 0 saturated carbocycles. The number of hydrogen-bond acceptors (Lipinski definition) is 3. The van der Waals surface area contributed by atoms with Crippen molar-refractivity contribution in [2.24, 2.45) is 13.0 Å². The van der Waals surface area contributed by atoms with Crippen molar-refractivity contribution >= 4 is 5.91 Å². The molecule has 5 heteroatoms. The minimum absolute atomic E-state index is 0.0425. The fraction of sp³-hybridized carbons (Fsp3) is 0.667. The van der Waals surface area contributed by atoms with E-state index in [0.29, 0.717) is 12.5 Å². The minimum atomic E-state index is -0.144. The van der Waals surface area contributed by atoms with Crippen molar-refractivity contribution in [2.75, 3.05) is 7.05 Å². The van der Waals surface area contributed by atoms with Crippen molar-refractivity contribution in [1.82, 2.24) is 20.4 Å². The average Bonchev–Trinajstić information content (AvgIpc) is 2.68. The normalized spacial score (nSPS) is 12.8. The second kappa shape index (κ2) is 6.39. The lowest BCUT2D eigenvalue weighted by Gasteiger charge is -2.19. The molecule has 0 bridgehead atoms. The first-order chi connectivity index (χ1) is 8.04. The Balaban J connectivity index is 2.55. The smallest absolute Gasteiger partial charge is 0.236 e. The van der Waals surface area contributed by atoms with Crippen LogP contribution >= 0.6 is 0 Å². The highest BCUT2D eigenvalue weighted by Gasteiger charge is 2.18. The first kappa shape index (κ1) is 13.7. The molecule has 0 aliphatic carbocycles. The molecule has 1 rings (SSSR count). The highest BCUT2D eigenvalue weighted by atomic mass is 16.2. The molecule has 2 N–H and O–H groups in total. The van der Waals surface area contributed by atoms with Gasteiger partial charge >= 0.3 is 0 Å². The van der Waals surface area contributed by atoms with Crippen LogP contribution in [0.15, 0.2) is 12.3 Å². The Morgan fingerprint density at radius 1 is 1.53 bits per heavy atom. The van der Waals surface area contributed by atoms with Crippen LogP contribution in [-0.4, -0.2) is 28.8 Å². The van der Waals surface area contributed by atoms with Gasteiger partial charge in [-0.25, -0.2) is 0 Å². The quantitative estimate of drug-likeness (QED) is 0.766. The van der Waals surface area contributed by atoms with E-state index >= 15 is 0 Å². The second-order valence-corrected chi connectivity index (χ2v) is 4.62. The van der Waals surface area contributed by atoms with E-state index in [1.165, 1.54) is 0 Å². The molecule has 1 aromatic heterocycles. The summed E-state index contributed by atoms with van der Waals surface area (Å²) < 4.78 is 1.81. The summed E-state index contributed by atoms with van der Waals surface area (Å²) >= 11 is 0. The molecule has 0 aliphatic rings. The number of nitrogens with one attached hydrogen (secondary N) is 2. The summed E-state index contributed by atoms with van der Waals surface area (Å²) in [7, 11) is 3.57. The molecule has 17 heavy (non-hydrogen) atoms. The first-order valence-corrected chi connectivity index (χ1v) is 5.96. The Kier molecular flexibility index (Phi) is 5.15. The summed E-state index contributed by atoms with van der Waals surface area (Å²) in [6, 6.07) is 1.80. The summed E-state index contributed by atoms with van der Waals surface area (Å²) in [6.07, 6.45) is 2.59. The van der Waals surface area contributed by atoms with E-state index in [4.69, 9.17) is 0 Å². The van der Waals surface area contributed by atoms with E-state index in [2.05, 4.69) is 29.6 Å². The summed E-state index contributed by atoms with van der Waals surface area (Å²) in [4.78, 5) is 11.7. The van der Waals surface area contributed by atoms with Crippen LogP contribution in [0.1, 0.15) is 26.0 Å². The van der Waals surface area contributed by atoms with E-state index in [1.807, 2.05) is 17.8 Å². The highest BCUT2D eigenvalue weighted by molar-refractivity contribution is 5.81. The van der Waals surface area contributed by atoms with Crippen molar-refractivity contribution < 1.29 is 4.79 Å². The van der Waals surface area contributed by atoms with Gasteiger partial charge in [-0.15, -0.1) is 0 Å². The average molecular weight is 238 g/mol. The van der Waals surface area contributed by atoms with Crippen molar-refractivity contribution in [3.63, 3.8) is 0 Å². The van der Waals surface area contributed by atoms with Gasteiger partial charge in [-0.1, -0.05) is 13.8 Å². The van der Waals surface area contributed by atoms with Crippen LogP contribution in [0, 0.1) is 5.92 Å². The number of carbonyl (C=O) groups excluding carboxylic acids is 1. The van der Waals surface area contributed by atoms with E-state index in [9.17, 15) is 4.79 Å². The predicted octanol–water partition coefficient (Wildman–Crippen LogP) is 0.670. The zero-order valence-corrected chi connectivity index (χ0v) is 11.0. The molecule has 96 valence electrons. The molecule has 0 saturated heterocycles. The van der Waals surface area contributed by atoms with Crippen molar-refractivity contribution in [2.45, 2.75) is 32.9 Å². The molecule has 1 aromatic rings. The van der Waals surface area contributed by atoms with Crippen molar-refractivity contribution in [1.29, 1.82) is 0 Å². The van der Waals surface area contributed by atoms with Gasteiger partial charge < -0.3 is 10.6 Å². The van der Waals surface area contributed by atoms with Gasteiger partial charge in [0, 0.05) is 26.8 Å². The molecule has 5 nitrogen and oxygen atoms in total. The summed E-state index contributed by atoms with van der Waals surface area (Å²) in [6.45, 7) is 4.88. The number of hydrogen-bond donors (Lipinski definition) is 2. The van der Waals surface area contributed by atoms with Crippen LogP contribution < -0.4 is 10.6 Å². The Bertz CT molecular complexity index is 359. The maximum Gasteiger partial charge on any atom is 0.236 e. The largest absolute Gasteiger partial charge is 0.358 e.